The van der Waals surface area contributed by atoms with E-state index in [0.29, 0.717) is 11.8 Å². The molecule has 1 saturated heterocycles. The van der Waals surface area contributed by atoms with Gasteiger partial charge in [-0.1, -0.05) is 6.07 Å². The van der Waals surface area contributed by atoms with Crippen LogP contribution in [0, 0.1) is 0 Å². The van der Waals surface area contributed by atoms with Crippen molar-refractivity contribution in [3.8, 4) is 11.5 Å². The first-order chi connectivity index (χ1) is 9.61. The number of piperazine rings is 1. The van der Waals surface area contributed by atoms with Crippen molar-refractivity contribution in [2.45, 2.75) is 25.9 Å². The summed E-state index contributed by atoms with van der Waals surface area (Å²) in [7, 11) is 1.61. The lowest BCUT2D eigenvalue weighted by Crippen LogP contribution is -2.58. The molecule has 1 aliphatic heterocycles. The minimum absolute atomic E-state index is 0.0219. The normalized spacial score (nSPS) is 22.4. The van der Waals surface area contributed by atoms with Gasteiger partial charge in [0.1, 0.15) is 11.5 Å². The van der Waals surface area contributed by atoms with Crippen LogP contribution < -0.4 is 14.8 Å². The molecule has 20 heavy (non-hydrogen) atoms. The zero-order valence-corrected chi connectivity index (χ0v) is 12.3. The molecule has 2 rings (SSSR count). The number of amides is 1. The number of hydrogen-bond donors (Lipinski definition) is 1. The molecule has 1 amide bonds. The van der Waals surface area contributed by atoms with Gasteiger partial charge in [-0.3, -0.25) is 4.79 Å². The molecule has 0 bridgehead atoms. The van der Waals surface area contributed by atoms with Gasteiger partial charge in [0.2, 0.25) is 0 Å². The van der Waals surface area contributed by atoms with Crippen molar-refractivity contribution in [3.63, 3.8) is 0 Å². The Labute approximate surface area is 119 Å². The van der Waals surface area contributed by atoms with E-state index in [1.165, 1.54) is 0 Å². The van der Waals surface area contributed by atoms with Crippen LogP contribution in [0.3, 0.4) is 0 Å². The van der Waals surface area contributed by atoms with Crippen LogP contribution in [0.4, 0.5) is 0 Å². The summed E-state index contributed by atoms with van der Waals surface area (Å²) in [5.74, 6) is 1.39. The second-order valence-corrected chi connectivity index (χ2v) is 5.04. The molecule has 0 spiro atoms. The molecular formula is C15H22N2O3. The highest BCUT2D eigenvalue weighted by atomic mass is 16.5. The first-order valence-corrected chi connectivity index (χ1v) is 6.91. The summed E-state index contributed by atoms with van der Waals surface area (Å²) in [6.07, 6.45) is 0. The average Bonchev–Trinajstić information content (AvgIpc) is 2.48. The van der Waals surface area contributed by atoms with Crippen molar-refractivity contribution < 1.29 is 14.3 Å². The fraction of sp³-hybridized carbons (Fsp3) is 0.533. The largest absolute Gasteiger partial charge is 0.497 e. The number of carbonyl (C=O) groups is 1. The van der Waals surface area contributed by atoms with Gasteiger partial charge in [0.25, 0.3) is 5.91 Å². The molecule has 2 atom stereocenters. The van der Waals surface area contributed by atoms with Gasteiger partial charge in [-0.2, -0.15) is 0 Å². The summed E-state index contributed by atoms with van der Waals surface area (Å²) in [6.45, 7) is 5.76. The van der Waals surface area contributed by atoms with E-state index in [1.54, 1.807) is 13.2 Å². The summed E-state index contributed by atoms with van der Waals surface area (Å²) in [5, 5.41) is 3.35. The first kappa shape index (κ1) is 14.7. The van der Waals surface area contributed by atoms with Crippen molar-refractivity contribution in [1.82, 2.24) is 10.2 Å². The highest BCUT2D eigenvalue weighted by Gasteiger charge is 2.28. The van der Waals surface area contributed by atoms with E-state index in [2.05, 4.69) is 19.2 Å². The summed E-state index contributed by atoms with van der Waals surface area (Å²) in [5.41, 5.74) is 0. The van der Waals surface area contributed by atoms with Crippen LogP contribution >= 0.6 is 0 Å². The van der Waals surface area contributed by atoms with Crippen LogP contribution in [-0.4, -0.2) is 49.7 Å². The number of nitrogens with zero attached hydrogens (tertiary/aromatic N) is 1. The molecule has 1 aromatic rings. The van der Waals surface area contributed by atoms with E-state index in [4.69, 9.17) is 9.47 Å². The highest BCUT2D eigenvalue weighted by Crippen LogP contribution is 2.19. The fourth-order valence-electron chi connectivity index (χ4n) is 2.33. The van der Waals surface area contributed by atoms with Crippen molar-refractivity contribution in [2.75, 3.05) is 26.8 Å². The first-order valence-electron chi connectivity index (χ1n) is 6.91. The highest BCUT2D eigenvalue weighted by molar-refractivity contribution is 5.78. The topological polar surface area (TPSA) is 50.8 Å². The second kappa shape index (κ2) is 6.61. The SMILES string of the molecule is COc1cccc(OCC(=O)N2CCNC(C)C2C)c1. The molecule has 110 valence electrons. The van der Waals surface area contributed by atoms with Crippen LogP contribution in [-0.2, 0) is 4.79 Å². The standard InChI is InChI=1S/C15H22N2O3/c1-11-12(2)17(8-7-16-11)15(18)10-20-14-6-4-5-13(9-14)19-3/h4-6,9,11-12,16H,7-8,10H2,1-3H3. The van der Waals surface area contributed by atoms with Crippen LogP contribution in [0.5, 0.6) is 11.5 Å². The van der Waals surface area contributed by atoms with Gasteiger partial charge >= 0.3 is 0 Å². The van der Waals surface area contributed by atoms with Crippen molar-refractivity contribution in [3.05, 3.63) is 24.3 Å². The van der Waals surface area contributed by atoms with Gasteiger partial charge in [-0.05, 0) is 26.0 Å². The molecular weight excluding hydrogens is 256 g/mol. The Morgan fingerprint density at radius 2 is 2.15 bits per heavy atom. The van der Waals surface area contributed by atoms with Crippen LogP contribution in [0.15, 0.2) is 24.3 Å². The lowest BCUT2D eigenvalue weighted by Gasteiger charge is -2.38. The predicted molar refractivity (Wildman–Crippen MR) is 77.1 cm³/mol. The van der Waals surface area contributed by atoms with Gasteiger partial charge in [0, 0.05) is 31.2 Å². The maximum absolute atomic E-state index is 12.2. The van der Waals surface area contributed by atoms with E-state index in [0.717, 1.165) is 18.8 Å². The van der Waals surface area contributed by atoms with E-state index in [1.807, 2.05) is 23.1 Å². The van der Waals surface area contributed by atoms with Gasteiger partial charge in [0.05, 0.1) is 7.11 Å². The molecule has 0 aromatic heterocycles. The molecule has 2 unspecified atom stereocenters. The number of nitrogens with one attached hydrogen (secondary N) is 1. The lowest BCUT2D eigenvalue weighted by atomic mass is 10.1. The Kier molecular flexibility index (Phi) is 4.84. The molecule has 5 heteroatoms. The van der Waals surface area contributed by atoms with E-state index >= 15 is 0 Å². The van der Waals surface area contributed by atoms with Crippen molar-refractivity contribution >= 4 is 5.91 Å². The maximum atomic E-state index is 12.2. The zero-order chi connectivity index (χ0) is 14.5. The Morgan fingerprint density at radius 3 is 2.90 bits per heavy atom. The molecule has 1 heterocycles. The molecule has 0 aliphatic carbocycles. The minimum atomic E-state index is 0.0219. The molecule has 1 aliphatic rings. The van der Waals surface area contributed by atoms with Gasteiger partial charge in [0.15, 0.2) is 6.61 Å². The number of methoxy groups -OCH3 is 1. The number of hydrogen-bond acceptors (Lipinski definition) is 4. The Hall–Kier alpha value is -1.75. The van der Waals surface area contributed by atoms with E-state index in [9.17, 15) is 4.79 Å². The smallest absolute Gasteiger partial charge is 0.260 e. The van der Waals surface area contributed by atoms with Gasteiger partial charge in [-0.25, -0.2) is 0 Å². The third-order valence-corrected chi connectivity index (χ3v) is 3.76. The van der Waals surface area contributed by atoms with Crippen LogP contribution in [0.25, 0.3) is 0 Å². The summed E-state index contributed by atoms with van der Waals surface area (Å²) >= 11 is 0. The number of rotatable bonds is 4. The van der Waals surface area contributed by atoms with Gasteiger partial charge in [-0.15, -0.1) is 0 Å². The number of ether oxygens (including phenoxy) is 2. The van der Waals surface area contributed by atoms with Crippen LogP contribution in [0.1, 0.15) is 13.8 Å². The second-order valence-electron chi connectivity index (χ2n) is 5.04. The number of benzene rings is 1. The van der Waals surface area contributed by atoms with Crippen LogP contribution in [0.2, 0.25) is 0 Å². The third kappa shape index (κ3) is 3.42. The Morgan fingerprint density at radius 1 is 1.40 bits per heavy atom. The Bertz CT molecular complexity index is 464. The Balaban J connectivity index is 1.91. The zero-order valence-electron chi connectivity index (χ0n) is 12.3. The van der Waals surface area contributed by atoms with Crippen molar-refractivity contribution in [1.29, 1.82) is 0 Å². The molecule has 1 aromatic carbocycles. The monoisotopic (exact) mass is 278 g/mol. The molecule has 1 fully saturated rings. The molecule has 0 saturated carbocycles. The summed E-state index contributed by atoms with van der Waals surface area (Å²) < 4.78 is 10.7. The van der Waals surface area contributed by atoms with E-state index < -0.39 is 0 Å². The summed E-state index contributed by atoms with van der Waals surface area (Å²) in [6, 6.07) is 7.77. The quantitative estimate of drug-likeness (QED) is 0.901. The average molecular weight is 278 g/mol. The fourth-order valence-corrected chi connectivity index (χ4v) is 2.33. The predicted octanol–water partition coefficient (Wildman–Crippen LogP) is 1.28. The third-order valence-electron chi connectivity index (χ3n) is 3.76. The molecule has 0 radical (unpaired) electrons. The van der Waals surface area contributed by atoms with Gasteiger partial charge < -0.3 is 19.7 Å². The lowest BCUT2D eigenvalue weighted by molar-refractivity contribution is -0.137. The van der Waals surface area contributed by atoms with Crippen molar-refractivity contribution in [2.24, 2.45) is 0 Å². The maximum Gasteiger partial charge on any atom is 0.260 e. The van der Waals surface area contributed by atoms with E-state index in [-0.39, 0.29) is 18.6 Å². The number of carbonyl (C=O) groups excluding carboxylic acids is 1. The molecule has 5 nitrogen and oxygen atoms in total. The minimum Gasteiger partial charge on any atom is -0.497 e. The summed E-state index contributed by atoms with van der Waals surface area (Å²) in [4.78, 5) is 14.1. The molecule has 1 N–H and O–H groups in total.